The highest BCUT2D eigenvalue weighted by atomic mass is 35.5. The lowest BCUT2D eigenvalue weighted by Gasteiger charge is -2.34. The maximum absolute atomic E-state index is 6.77. The molecular weight excluding hydrogens is 381 g/mol. The molecule has 146 valence electrons. The number of hydrogen-bond donors (Lipinski definition) is 0. The Hall–Kier alpha value is -0.533. The average Bonchev–Trinajstić information content (AvgIpc) is 2.57. The van der Waals surface area contributed by atoms with Gasteiger partial charge < -0.3 is 4.43 Å². The largest absolute Gasteiger partial charge is 0.410 e. The van der Waals surface area contributed by atoms with Crippen molar-refractivity contribution in [3.8, 4) is 11.8 Å². The van der Waals surface area contributed by atoms with Gasteiger partial charge in [0.15, 0.2) is 8.32 Å². The highest BCUT2D eigenvalue weighted by Crippen LogP contribution is 2.38. The minimum atomic E-state index is -1.78. The van der Waals surface area contributed by atoms with Gasteiger partial charge in [0.05, 0.1) is 16.1 Å². The fraction of sp³-hybridized carbons (Fsp3) is 0.667. The standard InChI is InChI=1S/C21H33Cl2NOSi/c1-7-26(8-2,9-3)25-19(13-11-10-12-14-21(4,5)6)20-17(22)15-24-16-18(20)23/h15-16,19H,7-11,13H2,1-6H3. The Morgan fingerprint density at radius 3 is 2.08 bits per heavy atom. The highest BCUT2D eigenvalue weighted by molar-refractivity contribution is 6.73. The van der Waals surface area contributed by atoms with E-state index in [-0.39, 0.29) is 11.5 Å². The van der Waals surface area contributed by atoms with Gasteiger partial charge in [-0.1, -0.05) is 49.9 Å². The summed E-state index contributed by atoms with van der Waals surface area (Å²) in [6.45, 7) is 13.1. The quantitative estimate of drug-likeness (QED) is 0.235. The Morgan fingerprint density at radius 1 is 1.08 bits per heavy atom. The molecule has 5 heteroatoms. The van der Waals surface area contributed by atoms with Crippen molar-refractivity contribution >= 4 is 31.5 Å². The molecule has 1 aromatic heterocycles. The van der Waals surface area contributed by atoms with Crippen LogP contribution in [0.5, 0.6) is 0 Å². The first-order valence-electron chi connectivity index (χ1n) is 9.64. The van der Waals surface area contributed by atoms with Gasteiger partial charge in [0.25, 0.3) is 0 Å². The van der Waals surface area contributed by atoms with Gasteiger partial charge in [-0.15, -0.1) is 5.92 Å². The predicted octanol–water partition coefficient (Wildman–Crippen LogP) is 7.67. The van der Waals surface area contributed by atoms with Crippen LogP contribution in [-0.2, 0) is 4.43 Å². The number of nitrogens with zero attached hydrogens (tertiary/aromatic N) is 1. The SMILES string of the molecule is CC[Si](CC)(CC)OC(CCCC#CC(C)(C)C)c1c(Cl)cncc1Cl. The number of aromatic nitrogens is 1. The van der Waals surface area contributed by atoms with E-state index in [0.717, 1.165) is 43.0 Å². The van der Waals surface area contributed by atoms with Gasteiger partial charge in [0, 0.05) is 29.8 Å². The Labute approximate surface area is 171 Å². The normalized spacial score (nSPS) is 13.2. The number of hydrogen-bond acceptors (Lipinski definition) is 2. The third-order valence-corrected chi connectivity index (χ3v) is 10.0. The van der Waals surface area contributed by atoms with Gasteiger partial charge in [0.1, 0.15) is 0 Å². The molecule has 0 radical (unpaired) electrons. The van der Waals surface area contributed by atoms with Crippen LogP contribution in [0.4, 0.5) is 0 Å². The Kier molecular flexibility index (Phi) is 9.68. The van der Waals surface area contributed by atoms with Gasteiger partial charge in [-0.3, -0.25) is 4.98 Å². The number of pyridine rings is 1. The van der Waals surface area contributed by atoms with Crippen molar-refractivity contribution in [1.82, 2.24) is 4.98 Å². The second kappa shape index (κ2) is 10.7. The first kappa shape index (κ1) is 23.5. The molecule has 2 nitrogen and oxygen atoms in total. The van der Waals surface area contributed by atoms with Crippen LogP contribution in [-0.4, -0.2) is 13.3 Å². The number of unbranched alkanes of at least 4 members (excludes halogenated alkanes) is 1. The summed E-state index contributed by atoms with van der Waals surface area (Å²) in [6, 6.07) is 3.29. The van der Waals surface area contributed by atoms with Gasteiger partial charge in [-0.2, -0.15) is 0 Å². The Morgan fingerprint density at radius 2 is 1.62 bits per heavy atom. The van der Waals surface area contributed by atoms with Crippen LogP contribution in [0.25, 0.3) is 0 Å². The lowest BCUT2D eigenvalue weighted by molar-refractivity contribution is 0.177. The zero-order chi connectivity index (χ0) is 19.8. The van der Waals surface area contributed by atoms with Gasteiger partial charge >= 0.3 is 0 Å². The molecule has 0 fully saturated rings. The summed E-state index contributed by atoms with van der Waals surface area (Å²) in [7, 11) is -1.78. The molecule has 1 atom stereocenters. The molecule has 0 saturated heterocycles. The van der Waals surface area contributed by atoms with Crippen molar-refractivity contribution in [3.63, 3.8) is 0 Å². The van der Waals surface area contributed by atoms with Crippen LogP contribution in [0.2, 0.25) is 28.2 Å². The smallest absolute Gasteiger partial charge is 0.192 e. The van der Waals surface area contributed by atoms with Crippen molar-refractivity contribution in [2.24, 2.45) is 5.41 Å². The summed E-state index contributed by atoms with van der Waals surface area (Å²) in [6.07, 6.45) is 5.93. The van der Waals surface area contributed by atoms with E-state index in [0.29, 0.717) is 10.0 Å². The van der Waals surface area contributed by atoms with E-state index in [9.17, 15) is 0 Å². The molecule has 1 unspecified atom stereocenters. The van der Waals surface area contributed by atoms with E-state index in [1.807, 2.05) is 0 Å². The highest BCUT2D eigenvalue weighted by Gasteiger charge is 2.33. The van der Waals surface area contributed by atoms with Crippen molar-refractivity contribution in [3.05, 3.63) is 28.0 Å². The predicted molar refractivity (Wildman–Crippen MR) is 116 cm³/mol. The van der Waals surface area contributed by atoms with Gasteiger partial charge in [0.2, 0.25) is 0 Å². The molecule has 0 aliphatic heterocycles. The monoisotopic (exact) mass is 413 g/mol. The molecule has 0 amide bonds. The molecule has 0 aromatic carbocycles. The molecule has 0 aliphatic rings. The molecular formula is C21H33Cl2NOSi. The Balaban J connectivity index is 3.01. The second-order valence-corrected chi connectivity index (χ2v) is 13.3. The van der Waals surface area contributed by atoms with Crippen LogP contribution < -0.4 is 0 Å². The molecule has 0 bridgehead atoms. The molecule has 1 heterocycles. The number of rotatable bonds is 9. The zero-order valence-corrected chi connectivity index (χ0v) is 19.6. The van der Waals surface area contributed by atoms with E-state index in [1.54, 1.807) is 12.4 Å². The van der Waals surface area contributed by atoms with Gasteiger partial charge in [-0.05, 0) is 51.7 Å². The van der Waals surface area contributed by atoms with E-state index in [1.165, 1.54) is 0 Å². The average molecular weight is 414 g/mol. The van der Waals surface area contributed by atoms with Crippen LogP contribution in [0, 0.1) is 17.3 Å². The first-order chi connectivity index (χ1) is 12.2. The van der Waals surface area contributed by atoms with E-state index in [2.05, 4.69) is 58.4 Å². The third kappa shape index (κ3) is 7.23. The van der Waals surface area contributed by atoms with Crippen LogP contribution in [0.3, 0.4) is 0 Å². The lowest BCUT2D eigenvalue weighted by Crippen LogP contribution is -2.37. The summed E-state index contributed by atoms with van der Waals surface area (Å²) < 4.78 is 6.77. The fourth-order valence-corrected chi connectivity index (χ4v) is 6.44. The fourth-order valence-electron chi connectivity index (χ4n) is 3.00. The van der Waals surface area contributed by atoms with E-state index >= 15 is 0 Å². The maximum atomic E-state index is 6.77. The minimum Gasteiger partial charge on any atom is -0.410 e. The van der Waals surface area contributed by atoms with Crippen LogP contribution >= 0.6 is 23.2 Å². The summed E-state index contributed by atoms with van der Waals surface area (Å²) in [5.41, 5.74) is 0.932. The molecule has 1 rings (SSSR count). The molecule has 0 N–H and O–H groups in total. The van der Waals surface area contributed by atoms with Crippen LogP contribution in [0.15, 0.2) is 12.4 Å². The van der Waals surface area contributed by atoms with Crippen molar-refractivity contribution in [1.29, 1.82) is 0 Å². The maximum Gasteiger partial charge on any atom is 0.192 e. The third-order valence-electron chi connectivity index (χ3n) is 4.77. The van der Waals surface area contributed by atoms with Crippen molar-refractivity contribution in [2.45, 2.75) is 85.0 Å². The molecule has 0 aliphatic carbocycles. The van der Waals surface area contributed by atoms with Gasteiger partial charge in [-0.25, -0.2) is 0 Å². The minimum absolute atomic E-state index is 0.0440. The van der Waals surface area contributed by atoms with Crippen molar-refractivity contribution < 1.29 is 4.43 Å². The first-order valence-corrected chi connectivity index (χ1v) is 12.9. The zero-order valence-electron chi connectivity index (χ0n) is 17.1. The summed E-state index contributed by atoms with van der Waals surface area (Å²) in [4.78, 5) is 4.09. The molecule has 0 spiro atoms. The second-order valence-electron chi connectivity index (χ2n) is 7.81. The Bertz CT molecular complexity index is 599. The van der Waals surface area contributed by atoms with Crippen molar-refractivity contribution in [2.75, 3.05) is 0 Å². The van der Waals surface area contributed by atoms with Crippen LogP contribution in [0.1, 0.15) is 72.5 Å². The topological polar surface area (TPSA) is 22.1 Å². The molecule has 26 heavy (non-hydrogen) atoms. The van der Waals surface area contributed by atoms with E-state index < -0.39 is 8.32 Å². The number of halogens is 2. The molecule has 1 aromatic rings. The summed E-state index contributed by atoms with van der Waals surface area (Å²) in [5, 5.41) is 1.18. The summed E-state index contributed by atoms with van der Waals surface area (Å²) >= 11 is 12.9. The molecule has 0 saturated carbocycles. The summed E-state index contributed by atoms with van der Waals surface area (Å²) in [5.74, 6) is 6.59. The van der Waals surface area contributed by atoms with E-state index in [4.69, 9.17) is 27.6 Å². The lowest BCUT2D eigenvalue weighted by atomic mass is 9.97.